The third-order valence-corrected chi connectivity index (χ3v) is 4.28. The normalized spacial score (nSPS) is 10.8. The van der Waals surface area contributed by atoms with Crippen molar-refractivity contribution < 1.29 is 18.4 Å². The van der Waals surface area contributed by atoms with Gasteiger partial charge in [-0.1, -0.05) is 18.2 Å². The van der Waals surface area contributed by atoms with Gasteiger partial charge in [0.25, 0.3) is 0 Å². The zero-order valence-corrected chi connectivity index (χ0v) is 14.8. The average Bonchev–Trinajstić information content (AvgIpc) is 3.04. The van der Waals surface area contributed by atoms with Gasteiger partial charge in [0.1, 0.15) is 0 Å². The second-order valence-corrected chi connectivity index (χ2v) is 6.16. The predicted molar refractivity (Wildman–Crippen MR) is 99.4 cm³/mol. The van der Waals surface area contributed by atoms with Gasteiger partial charge >= 0.3 is 0 Å². The van der Waals surface area contributed by atoms with Crippen LogP contribution in [-0.4, -0.2) is 29.9 Å². The van der Waals surface area contributed by atoms with Crippen LogP contribution in [0.3, 0.4) is 0 Å². The van der Waals surface area contributed by atoms with Crippen LogP contribution in [0.1, 0.15) is 12.5 Å². The van der Waals surface area contributed by atoms with Crippen molar-refractivity contribution in [1.82, 2.24) is 10.3 Å². The number of fused-ring (bicyclic) bond motifs is 1. The number of rotatable bonds is 6. The van der Waals surface area contributed by atoms with E-state index in [1.165, 1.54) is 17.9 Å². The molecule has 0 aliphatic heterocycles. The molecule has 0 saturated carbocycles. The molecule has 3 rings (SSSR count). The first-order chi connectivity index (χ1) is 13.0. The van der Waals surface area contributed by atoms with Crippen molar-refractivity contribution in [3.8, 4) is 0 Å². The quantitative estimate of drug-likeness (QED) is 0.699. The predicted octanol–water partition coefficient (Wildman–Crippen LogP) is 3.16. The monoisotopic (exact) mass is 371 g/mol. The summed E-state index contributed by atoms with van der Waals surface area (Å²) in [7, 11) is 0. The Kier molecular flexibility index (Phi) is 5.49. The Bertz CT molecular complexity index is 984. The second-order valence-electron chi connectivity index (χ2n) is 6.16. The van der Waals surface area contributed by atoms with Crippen LogP contribution in [0, 0.1) is 11.6 Å². The molecule has 0 unspecified atom stereocenters. The molecular formula is C20H19F2N3O2. The lowest BCUT2D eigenvalue weighted by Crippen LogP contribution is -2.38. The average molecular weight is 371 g/mol. The first-order valence-corrected chi connectivity index (χ1v) is 8.50. The summed E-state index contributed by atoms with van der Waals surface area (Å²) in [6, 6.07) is 11.0. The molecule has 7 heteroatoms. The topological polar surface area (TPSA) is 65.2 Å². The maximum Gasteiger partial charge on any atom is 0.224 e. The molecule has 0 spiro atoms. The standard InChI is InChI=1S/C20H19F2N3O2/c1-13(26)25(15-6-7-17(21)18(22)11-15)9-8-23-20(27)10-14-12-24-19-5-3-2-4-16(14)19/h2-7,11-12,24H,8-10H2,1H3,(H,23,27). The van der Waals surface area contributed by atoms with Crippen LogP contribution >= 0.6 is 0 Å². The minimum Gasteiger partial charge on any atom is -0.361 e. The molecule has 140 valence electrons. The van der Waals surface area contributed by atoms with E-state index in [1.807, 2.05) is 24.3 Å². The summed E-state index contributed by atoms with van der Waals surface area (Å²) < 4.78 is 26.5. The maximum atomic E-state index is 13.4. The van der Waals surface area contributed by atoms with Crippen LogP contribution < -0.4 is 10.2 Å². The van der Waals surface area contributed by atoms with Crippen molar-refractivity contribution in [1.29, 1.82) is 0 Å². The number of anilines is 1. The molecule has 5 nitrogen and oxygen atoms in total. The van der Waals surface area contributed by atoms with E-state index in [4.69, 9.17) is 0 Å². The molecule has 0 aliphatic carbocycles. The van der Waals surface area contributed by atoms with Crippen LogP contribution in [0.25, 0.3) is 10.9 Å². The number of para-hydroxylation sites is 1. The zero-order valence-electron chi connectivity index (χ0n) is 14.8. The zero-order chi connectivity index (χ0) is 19.4. The number of benzene rings is 2. The Morgan fingerprint density at radius 2 is 1.89 bits per heavy atom. The van der Waals surface area contributed by atoms with Gasteiger partial charge in [0.2, 0.25) is 11.8 Å². The van der Waals surface area contributed by atoms with Gasteiger partial charge in [0.05, 0.1) is 6.42 Å². The minimum atomic E-state index is -1.03. The van der Waals surface area contributed by atoms with Gasteiger partial charge in [-0.2, -0.15) is 0 Å². The van der Waals surface area contributed by atoms with E-state index < -0.39 is 11.6 Å². The molecule has 27 heavy (non-hydrogen) atoms. The highest BCUT2D eigenvalue weighted by Gasteiger charge is 2.14. The van der Waals surface area contributed by atoms with E-state index >= 15 is 0 Å². The molecule has 0 aliphatic rings. The Morgan fingerprint density at radius 3 is 2.63 bits per heavy atom. The molecule has 2 aromatic carbocycles. The third kappa shape index (κ3) is 4.31. The van der Waals surface area contributed by atoms with E-state index in [0.29, 0.717) is 0 Å². The van der Waals surface area contributed by atoms with Gasteiger partial charge in [0.15, 0.2) is 11.6 Å². The van der Waals surface area contributed by atoms with Crippen LogP contribution in [0.5, 0.6) is 0 Å². The highest BCUT2D eigenvalue weighted by Crippen LogP contribution is 2.19. The minimum absolute atomic E-state index is 0.153. The van der Waals surface area contributed by atoms with Crippen molar-refractivity contribution in [3.63, 3.8) is 0 Å². The van der Waals surface area contributed by atoms with Crippen molar-refractivity contribution >= 4 is 28.4 Å². The molecule has 3 aromatic rings. The Hall–Kier alpha value is -3.22. The molecule has 0 fully saturated rings. The van der Waals surface area contributed by atoms with E-state index in [-0.39, 0.29) is 37.0 Å². The van der Waals surface area contributed by atoms with Gasteiger partial charge in [-0.25, -0.2) is 8.78 Å². The number of carbonyl (C=O) groups excluding carboxylic acids is 2. The lowest BCUT2D eigenvalue weighted by atomic mass is 10.1. The summed E-state index contributed by atoms with van der Waals surface area (Å²) in [4.78, 5) is 28.4. The fraction of sp³-hybridized carbons (Fsp3) is 0.200. The molecule has 1 heterocycles. The van der Waals surface area contributed by atoms with Crippen LogP contribution in [0.15, 0.2) is 48.7 Å². The Balaban J connectivity index is 1.59. The molecule has 0 atom stereocenters. The SMILES string of the molecule is CC(=O)N(CCNC(=O)Cc1c[nH]c2ccccc12)c1ccc(F)c(F)c1. The van der Waals surface area contributed by atoms with Crippen molar-refractivity contribution in [3.05, 3.63) is 65.9 Å². The lowest BCUT2D eigenvalue weighted by molar-refractivity contribution is -0.121. The van der Waals surface area contributed by atoms with Crippen molar-refractivity contribution in [2.24, 2.45) is 0 Å². The van der Waals surface area contributed by atoms with Crippen LogP contribution in [-0.2, 0) is 16.0 Å². The Morgan fingerprint density at radius 1 is 1.11 bits per heavy atom. The third-order valence-electron chi connectivity index (χ3n) is 4.28. The largest absolute Gasteiger partial charge is 0.361 e. The summed E-state index contributed by atoms with van der Waals surface area (Å²) >= 11 is 0. The number of hydrogen-bond acceptors (Lipinski definition) is 2. The molecule has 2 amide bonds. The molecule has 2 N–H and O–H groups in total. The summed E-state index contributed by atoms with van der Waals surface area (Å²) in [5, 5.41) is 3.74. The molecule has 0 bridgehead atoms. The van der Waals surface area contributed by atoms with E-state index in [9.17, 15) is 18.4 Å². The summed E-state index contributed by atoms with van der Waals surface area (Å²) in [6.45, 7) is 1.68. The maximum absolute atomic E-state index is 13.4. The van der Waals surface area contributed by atoms with Crippen LogP contribution in [0.4, 0.5) is 14.5 Å². The summed E-state index contributed by atoms with van der Waals surface area (Å²) in [5.41, 5.74) is 2.08. The number of nitrogens with zero attached hydrogens (tertiary/aromatic N) is 1. The van der Waals surface area contributed by atoms with Crippen molar-refractivity contribution in [2.45, 2.75) is 13.3 Å². The van der Waals surface area contributed by atoms with Gasteiger partial charge in [-0.05, 0) is 23.8 Å². The Labute approximate surface area is 155 Å². The first kappa shape index (κ1) is 18.6. The van der Waals surface area contributed by atoms with Gasteiger partial charge in [0, 0.05) is 48.9 Å². The second kappa shape index (κ2) is 7.99. The fourth-order valence-electron chi connectivity index (χ4n) is 2.94. The summed E-state index contributed by atoms with van der Waals surface area (Å²) in [6.07, 6.45) is 2.00. The number of aromatic amines is 1. The lowest BCUT2D eigenvalue weighted by Gasteiger charge is -2.21. The van der Waals surface area contributed by atoms with Gasteiger partial charge < -0.3 is 15.2 Å². The molecular weight excluding hydrogens is 352 g/mol. The first-order valence-electron chi connectivity index (χ1n) is 8.50. The number of amides is 2. The van der Waals surface area contributed by atoms with Gasteiger partial charge in [-0.15, -0.1) is 0 Å². The fourth-order valence-corrected chi connectivity index (χ4v) is 2.94. The molecule has 1 aromatic heterocycles. The number of hydrogen-bond donors (Lipinski definition) is 2. The number of carbonyl (C=O) groups is 2. The highest BCUT2D eigenvalue weighted by molar-refractivity contribution is 5.92. The van der Waals surface area contributed by atoms with E-state index in [1.54, 1.807) is 6.20 Å². The molecule has 0 saturated heterocycles. The number of H-pyrrole nitrogens is 1. The molecule has 0 radical (unpaired) electrons. The van der Waals surface area contributed by atoms with E-state index in [0.717, 1.165) is 28.6 Å². The number of aromatic nitrogens is 1. The highest BCUT2D eigenvalue weighted by atomic mass is 19.2. The summed E-state index contributed by atoms with van der Waals surface area (Å²) in [5.74, 6) is -2.52. The number of nitrogens with one attached hydrogen (secondary N) is 2. The van der Waals surface area contributed by atoms with Crippen LogP contribution in [0.2, 0.25) is 0 Å². The smallest absolute Gasteiger partial charge is 0.224 e. The number of halogens is 2. The van der Waals surface area contributed by atoms with E-state index in [2.05, 4.69) is 10.3 Å². The van der Waals surface area contributed by atoms with Crippen molar-refractivity contribution in [2.75, 3.05) is 18.0 Å². The van der Waals surface area contributed by atoms with Gasteiger partial charge in [-0.3, -0.25) is 9.59 Å².